The molecule has 0 bridgehead atoms. The fraction of sp³-hybridized carbons (Fsp3) is 0.154. The smallest absolute Gasteiger partial charge is 0.0947 e. The molecule has 2 heteroatoms. The van der Waals surface area contributed by atoms with E-state index >= 15 is 0 Å². The molecule has 0 atom stereocenters. The van der Waals surface area contributed by atoms with Gasteiger partial charge in [0.25, 0.3) is 0 Å². The highest BCUT2D eigenvalue weighted by molar-refractivity contribution is 6.17. The van der Waals surface area contributed by atoms with E-state index in [9.17, 15) is 0 Å². The SMILES string of the molecule is Cc1cccc(C2=C(c3cccc(C)c3)C(N)(N)CC=C2c2ccccc2)c1. The van der Waals surface area contributed by atoms with Crippen molar-refractivity contribution in [3.63, 3.8) is 0 Å². The van der Waals surface area contributed by atoms with Gasteiger partial charge in [-0.25, -0.2) is 0 Å². The van der Waals surface area contributed by atoms with Crippen molar-refractivity contribution in [1.29, 1.82) is 0 Å². The first-order valence-corrected chi connectivity index (χ1v) is 9.68. The van der Waals surface area contributed by atoms with Crippen molar-refractivity contribution in [2.75, 3.05) is 0 Å². The summed E-state index contributed by atoms with van der Waals surface area (Å²) in [5.41, 5.74) is 21.6. The van der Waals surface area contributed by atoms with Crippen molar-refractivity contribution in [2.24, 2.45) is 11.5 Å². The van der Waals surface area contributed by atoms with Gasteiger partial charge in [-0.2, -0.15) is 0 Å². The first kappa shape index (κ1) is 18.4. The number of rotatable bonds is 3. The van der Waals surface area contributed by atoms with Gasteiger partial charge in [0.05, 0.1) is 5.66 Å². The Labute approximate surface area is 167 Å². The monoisotopic (exact) mass is 366 g/mol. The zero-order valence-corrected chi connectivity index (χ0v) is 16.4. The highest BCUT2D eigenvalue weighted by Crippen LogP contribution is 2.45. The first-order valence-electron chi connectivity index (χ1n) is 9.68. The van der Waals surface area contributed by atoms with Gasteiger partial charge in [0.15, 0.2) is 0 Å². The van der Waals surface area contributed by atoms with Gasteiger partial charge in [-0.3, -0.25) is 0 Å². The molecule has 3 aromatic rings. The largest absolute Gasteiger partial charge is 0.309 e. The highest BCUT2D eigenvalue weighted by Gasteiger charge is 2.34. The van der Waals surface area contributed by atoms with Gasteiger partial charge in [-0.15, -0.1) is 0 Å². The molecule has 0 aliphatic heterocycles. The summed E-state index contributed by atoms with van der Waals surface area (Å²) in [6.45, 7) is 4.21. The Morgan fingerprint density at radius 2 is 1.25 bits per heavy atom. The topological polar surface area (TPSA) is 52.0 Å². The fourth-order valence-corrected chi connectivity index (χ4v) is 4.04. The van der Waals surface area contributed by atoms with E-state index in [0.29, 0.717) is 6.42 Å². The third-order valence-electron chi connectivity index (χ3n) is 5.33. The minimum absolute atomic E-state index is 0.593. The number of benzene rings is 3. The predicted octanol–water partition coefficient (Wildman–Crippen LogP) is 5.32. The molecule has 140 valence electrons. The van der Waals surface area contributed by atoms with Crippen LogP contribution in [0.3, 0.4) is 0 Å². The molecular formula is C26H26N2. The Hall–Kier alpha value is -2.94. The van der Waals surface area contributed by atoms with Gasteiger partial charge >= 0.3 is 0 Å². The number of aryl methyl sites for hydroxylation is 2. The van der Waals surface area contributed by atoms with Crippen LogP contribution in [0.15, 0.2) is 84.9 Å². The van der Waals surface area contributed by atoms with Crippen molar-refractivity contribution in [3.8, 4) is 0 Å². The molecule has 0 amide bonds. The van der Waals surface area contributed by atoms with Crippen LogP contribution in [0.25, 0.3) is 16.7 Å². The summed E-state index contributed by atoms with van der Waals surface area (Å²) in [6.07, 6.45) is 2.78. The molecule has 4 N–H and O–H groups in total. The van der Waals surface area contributed by atoms with Crippen LogP contribution in [0.2, 0.25) is 0 Å². The Morgan fingerprint density at radius 3 is 1.89 bits per heavy atom. The maximum absolute atomic E-state index is 6.69. The summed E-state index contributed by atoms with van der Waals surface area (Å²) in [6, 6.07) is 27.5. The van der Waals surface area contributed by atoms with Gasteiger partial charge in [0, 0.05) is 12.0 Å². The van der Waals surface area contributed by atoms with Crippen molar-refractivity contribution in [2.45, 2.75) is 25.9 Å². The molecule has 0 saturated carbocycles. The molecule has 0 unspecified atom stereocenters. The average Bonchev–Trinajstić information content (AvgIpc) is 2.68. The second-order valence-electron chi connectivity index (χ2n) is 7.72. The van der Waals surface area contributed by atoms with Gasteiger partial charge < -0.3 is 11.5 Å². The summed E-state index contributed by atoms with van der Waals surface area (Å²) < 4.78 is 0. The van der Waals surface area contributed by atoms with Crippen LogP contribution in [-0.2, 0) is 0 Å². The van der Waals surface area contributed by atoms with Crippen LogP contribution < -0.4 is 11.5 Å². The van der Waals surface area contributed by atoms with Gasteiger partial charge in [0.1, 0.15) is 0 Å². The lowest BCUT2D eigenvalue weighted by molar-refractivity contribution is 0.579. The van der Waals surface area contributed by atoms with E-state index in [1.165, 1.54) is 22.3 Å². The summed E-state index contributed by atoms with van der Waals surface area (Å²) in [7, 11) is 0. The van der Waals surface area contributed by atoms with Crippen LogP contribution in [0.1, 0.15) is 34.2 Å². The van der Waals surface area contributed by atoms with Crippen molar-refractivity contribution >= 4 is 16.7 Å². The van der Waals surface area contributed by atoms with Crippen molar-refractivity contribution in [1.82, 2.24) is 0 Å². The second kappa shape index (κ2) is 7.23. The third kappa shape index (κ3) is 3.45. The maximum atomic E-state index is 6.69. The lowest BCUT2D eigenvalue weighted by Gasteiger charge is -2.35. The molecule has 0 fully saturated rings. The molecule has 0 heterocycles. The Morgan fingerprint density at radius 1 is 0.679 bits per heavy atom. The van der Waals surface area contributed by atoms with E-state index in [-0.39, 0.29) is 0 Å². The lowest BCUT2D eigenvalue weighted by atomic mass is 9.75. The number of nitrogens with two attached hydrogens (primary N) is 2. The van der Waals surface area contributed by atoms with Gasteiger partial charge in [-0.1, -0.05) is 96.1 Å². The maximum Gasteiger partial charge on any atom is 0.0947 e. The molecule has 0 radical (unpaired) electrons. The second-order valence-corrected chi connectivity index (χ2v) is 7.72. The Bertz CT molecular complexity index is 1070. The van der Waals surface area contributed by atoms with E-state index in [4.69, 9.17) is 11.5 Å². The highest BCUT2D eigenvalue weighted by atomic mass is 15.0. The van der Waals surface area contributed by atoms with E-state index in [0.717, 1.165) is 22.3 Å². The summed E-state index contributed by atoms with van der Waals surface area (Å²) in [4.78, 5) is 0. The van der Waals surface area contributed by atoms with Crippen molar-refractivity contribution in [3.05, 3.63) is 113 Å². The van der Waals surface area contributed by atoms with Gasteiger partial charge in [0.2, 0.25) is 0 Å². The zero-order valence-electron chi connectivity index (χ0n) is 16.4. The van der Waals surface area contributed by atoms with Crippen LogP contribution in [-0.4, -0.2) is 5.66 Å². The molecule has 1 aliphatic rings. The van der Waals surface area contributed by atoms with E-state index in [2.05, 4.69) is 92.7 Å². The van der Waals surface area contributed by atoms with Crippen molar-refractivity contribution < 1.29 is 0 Å². The molecule has 1 aliphatic carbocycles. The minimum Gasteiger partial charge on any atom is -0.309 e. The zero-order chi connectivity index (χ0) is 19.7. The van der Waals surface area contributed by atoms with E-state index in [1.807, 2.05) is 6.07 Å². The summed E-state index contributed by atoms with van der Waals surface area (Å²) in [5, 5.41) is 0. The summed E-state index contributed by atoms with van der Waals surface area (Å²) in [5.74, 6) is 0. The van der Waals surface area contributed by atoms with Crippen LogP contribution in [0.4, 0.5) is 0 Å². The Kier molecular flexibility index (Phi) is 4.76. The predicted molar refractivity (Wildman–Crippen MR) is 119 cm³/mol. The minimum atomic E-state index is -0.925. The van der Waals surface area contributed by atoms with E-state index < -0.39 is 5.66 Å². The van der Waals surface area contributed by atoms with Crippen LogP contribution >= 0.6 is 0 Å². The molecule has 0 aromatic heterocycles. The number of allylic oxidation sites excluding steroid dienone is 2. The third-order valence-corrected chi connectivity index (χ3v) is 5.33. The normalized spacial score (nSPS) is 16.1. The lowest BCUT2D eigenvalue weighted by Crippen LogP contribution is -2.51. The molecular weight excluding hydrogens is 340 g/mol. The Balaban J connectivity index is 2.06. The first-order chi connectivity index (χ1) is 13.5. The van der Waals surface area contributed by atoms with Gasteiger partial charge in [-0.05, 0) is 41.7 Å². The summed E-state index contributed by atoms with van der Waals surface area (Å²) >= 11 is 0. The molecule has 0 saturated heterocycles. The van der Waals surface area contributed by atoms with Crippen LogP contribution in [0, 0.1) is 13.8 Å². The van der Waals surface area contributed by atoms with Crippen LogP contribution in [0.5, 0.6) is 0 Å². The quantitative estimate of drug-likeness (QED) is 0.617. The molecule has 0 spiro atoms. The fourth-order valence-electron chi connectivity index (χ4n) is 4.04. The molecule has 28 heavy (non-hydrogen) atoms. The molecule has 2 nitrogen and oxygen atoms in total. The number of hydrogen-bond donors (Lipinski definition) is 2. The van der Waals surface area contributed by atoms with E-state index in [1.54, 1.807) is 0 Å². The number of hydrogen-bond acceptors (Lipinski definition) is 2. The standard InChI is InChI=1S/C26H26N2/c1-18-8-6-12-21(16-18)24-23(20-10-4-3-5-11-20)14-15-26(27,28)25(24)22-13-7-9-19(2)17-22/h3-14,16-17H,15,27-28H2,1-2H3. The molecule has 3 aromatic carbocycles. The average molecular weight is 367 g/mol. The molecule has 4 rings (SSSR count).